The molecule has 0 bridgehead atoms. The van der Waals surface area contributed by atoms with Crippen LogP contribution in [-0.4, -0.2) is 29.3 Å². The summed E-state index contributed by atoms with van der Waals surface area (Å²) in [5.74, 6) is 3.28. The number of rotatable bonds is 2. The van der Waals surface area contributed by atoms with Crippen LogP contribution in [0, 0.1) is 13.8 Å². The van der Waals surface area contributed by atoms with Gasteiger partial charge in [-0.1, -0.05) is 0 Å². The number of hydrogen-bond acceptors (Lipinski definition) is 4. The first-order valence-corrected chi connectivity index (χ1v) is 5.60. The first-order valence-electron chi connectivity index (χ1n) is 5.60. The van der Waals surface area contributed by atoms with E-state index in [4.69, 9.17) is 0 Å². The fourth-order valence-corrected chi connectivity index (χ4v) is 1.82. The van der Waals surface area contributed by atoms with Crippen LogP contribution in [0.15, 0.2) is 36.9 Å². The van der Waals surface area contributed by atoms with E-state index in [1.807, 2.05) is 47.5 Å². The summed E-state index contributed by atoms with van der Waals surface area (Å²) < 4.78 is 3.77. The Balaban J connectivity index is 2.00. The van der Waals surface area contributed by atoms with Crippen molar-refractivity contribution in [2.24, 2.45) is 0 Å². The lowest BCUT2D eigenvalue weighted by atomic mass is 10.4. The van der Waals surface area contributed by atoms with Gasteiger partial charge < -0.3 is 0 Å². The maximum absolute atomic E-state index is 4.20. The van der Waals surface area contributed by atoms with Crippen molar-refractivity contribution in [1.29, 1.82) is 0 Å². The first kappa shape index (κ1) is 10.6. The molecule has 0 radical (unpaired) electrons. The number of aryl methyl sites for hydroxylation is 2. The Hall–Kier alpha value is -2.50. The van der Waals surface area contributed by atoms with Gasteiger partial charge in [0.05, 0.1) is 0 Å². The minimum absolute atomic E-state index is 0.756. The number of hydrogen-bond donors (Lipinski definition) is 0. The van der Waals surface area contributed by atoms with E-state index in [2.05, 4.69) is 20.2 Å². The minimum atomic E-state index is 0.756. The van der Waals surface area contributed by atoms with E-state index in [1.165, 1.54) is 0 Å². The van der Waals surface area contributed by atoms with Crippen LogP contribution < -0.4 is 0 Å². The molecule has 0 aromatic carbocycles. The SMILES string of the molecule is Cc1nccn1-c1ccc(-n2ccnc2C)nn1. The molecule has 0 aliphatic rings. The molecule has 6 nitrogen and oxygen atoms in total. The third-order valence-corrected chi connectivity index (χ3v) is 2.78. The molecule has 90 valence electrons. The molecule has 18 heavy (non-hydrogen) atoms. The highest BCUT2D eigenvalue weighted by Crippen LogP contribution is 2.10. The largest absolute Gasteiger partial charge is 0.287 e. The Morgan fingerprint density at radius 1 is 0.778 bits per heavy atom. The number of imidazole rings is 2. The monoisotopic (exact) mass is 240 g/mol. The summed E-state index contributed by atoms with van der Waals surface area (Å²) in [6.07, 6.45) is 7.21. The summed E-state index contributed by atoms with van der Waals surface area (Å²) in [6, 6.07) is 3.83. The van der Waals surface area contributed by atoms with Crippen molar-refractivity contribution in [3.63, 3.8) is 0 Å². The smallest absolute Gasteiger partial charge is 0.160 e. The second-order valence-electron chi connectivity index (χ2n) is 3.94. The highest BCUT2D eigenvalue weighted by atomic mass is 15.3. The molecule has 0 aliphatic carbocycles. The van der Waals surface area contributed by atoms with E-state index >= 15 is 0 Å². The zero-order valence-corrected chi connectivity index (χ0v) is 10.1. The molecule has 0 spiro atoms. The third kappa shape index (κ3) is 1.67. The lowest BCUT2D eigenvalue weighted by molar-refractivity contribution is 0.835. The van der Waals surface area contributed by atoms with Crippen molar-refractivity contribution in [2.75, 3.05) is 0 Å². The van der Waals surface area contributed by atoms with Crippen LogP contribution in [0.4, 0.5) is 0 Å². The van der Waals surface area contributed by atoms with Crippen LogP contribution in [0.1, 0.15) is 11.6 Å². The summed E-state index contributed by atoms with van der Waals surface area (Å²) >= 11 is 0. The second kappa shape index (κ2) is 4.06. The van der Waals surface area contributed by atoms with Crippen molar-refractivity contribution in [1.82, 2.24) is 29.3 Å². The van der Waals surface area contributed by atoms with E-state index in [0.717, 1.165) is 23.3 Å². The molecular formula is C12H12N6. The number of nitrogens with zero attached hydrogens (tertiary/aromatic N) is 6. The average molecular weight is 240 g/mol. The maximum Gasteiger partial charge on any atom is 0.160 e. The molecule has 0 saturated carbocycles. The standard InChI is InChI=1S/C12H12N6/c1-9-13-5-7-17(9)11-3-4-12(16-15-11)18-8-6-14-10(18)2/h3-8H,1-2H3. The molecule has 3 aromatic rings. The van der Waals surface area contributed by atoms with Crippen LogP contribution in [0.5, 0.6) is 0 Å². The number of aromatic nitrogens is 6. The van der Waals surface area contributed by atoms with Crippen molar-refractivity contribution in [3.8, 4) is 11.6 Å². The van der Waals surface area contributed by atoms with Crippen molar-refractivity contribution in [2.45, 2.75) is 13.8 Å². The van der Waals surface area contributed by atoms with Crippen LogP contribution in [0.3, 0.4) is 0 Å². The quantitative estimate of drug-likeness (QED) is 0.680. The first-order chi connectivity index (χ1) is 8.75. The Morgan fingerprint density at radius 2 is 1.22 bits per heavy atom. The van der Waals surface area contributed by atoms with E-state index in [1.54, 1.807) is 12.4 Å². The molecule has 0 N–H and O–H groups in total. The summed E-state index contributed by atoms with van der Waals surface area (Å²) in [7, 11) is 0. The summed E-state index contributed by atoms with van der Waals surface area (Å²) in [5, 5.41) is 8.41. The van der Waals surface area contributed by atoms with Gasteiger partial charge in [0, 0.05) is 24.8 Å². The predicted molar refractivity (Wildman–Crippen MR) is 65.8 cm³/mol. The van der Waals surface area contributed by atoms with Gasteiger partial charge in [-0.2, -0.15) is 0 Å². The molecule has 6 heteroatoms. The summed E-state index contributed by atoms with van der Waals surface area (Å²) in [5.41, 5.74) is 0. The van der Waals surface area contributed by atoms with Gasteiger partial charge in [0.1, 0.15) is 11.6 Å². The average Bonchev–Trinajstić information content (AvgIpc) is 2.98. The fourth-order valence-electron chi connectivity index (χ4n) is 1.82. The third-order valence-electron chi connectivity index (χ3n) is 2.78. The normalized spacial score (nSPS) is 10.8. The van der Waals surface area contributed by atoms with E-state index < -0.39 is 0 Å². The zero-order valence-electron chi connectivity index (χ0n) is 10.1. The molecule has 0 atom stereocenters. The van der Waals surface area contributed by atoms with Gasteiger partial charge in [-0.25, -0.2) is 9.97 Å². The minimum Gasteiger partial charge on any atom is -0.287 e. The van der Waals surface area contributed by atoms with E-state index in [-0.39, 0.29) is 0 Å². The molecule has 0 aliphatic heterocycles. The van der Waals surface area contributed by atoms with Gasteiger partial charge in [0.15, 0.2) is 11.6 Å². The Morgan fingerprint density at radius 3 is 1.50 bits per heavy atom. The summed E-state index contributed by atoms with van der Waals surface area (Å²) in [4.78, 5) is 8.32. The lowest BCUT2D eigenvalue weighted by Crippen LogP contribution is -2.04. The van der Waals surface area contributed by atoms with E-state index in [9.17, 15) is 0 Å². The molecule has 0 unspecified atom stereocenters. The van der Waals surface area contributed by atoms with Crippen LogP contribution in [0.25, 0.3) is 11.6 Å². The zero-order chi connectivity index (χ0) is 12.5. The second-order valence-corrected chi connectivity index (χ2v) is 3.94. The van der Waals surface area contributed by atoms with Crippen LogP contribution >= 0.6 is 0 Å². The Bertz CT molecular complexity index is 605. The Labute approximate surface area is 104 Å². The van der Waals surface area contributed by atoms with Gasteiger partial charge in [0.25, 0.3) is 0 Å². The van der Waals surface area contributed by atoms with Gasteiger partial charge in [0.2, 0.25) is 0 Å². The lowest BCUT2D eigenvalue weighted by Gasteiger charge is -2.05. The fraction of sp³-hybridized carbons (Fsp3) is 0.167. The highest BCUT2D eigenvalue weighted by molar-refractivity contribution is 5.30. The molecule has 0 fully saturated rings. The van der Waals surface area contributed by atoms with Crippen molar-refractivity contribution >= 4 is 0 Å². The highest BCUT2D eigenvalue weighted by Gasteiger charge is 2.05. The maximum atomic E-state index is 4.20. The Kier molecular flexibility index (Phi) is 2.40. The van der Waals surface area contributed by atoms with Gasteiger partial charge in [-0.05, 0) is 26.0 Å². The van der Waals surface area contributed by atoms with Gasteiger partial charge >= 0.3 is 0 Å². The molecular weight excluding hydrogens is 228 g/mol. The molecule has 0 amide bonds. The molecule has 0 saturated heterocycles. The van der Waals surface area contributed by atoms with Crippen molar-refractivity contribution < 1.29 is 0 Å². The summed E-state index contributed by atoms with van der Waals surface area (Å²) in [6.45, 7) is 3.85. The molecule has 3 heterocycles. The predicted octanol–water partition coefficient (Wildman–Crippen LogP) is 1.46. The van der Waals surface area contributed by atoms with Crippen LogP contribution in [0.2, 0.25) is 0 Å². The molecule has 3 aromatic heterocycles. The van der Waals surface area contributed by atoms with Crippen molar-refractivity contribution in [3.05, 3.63) is 48.6 Å². The van der Waals surface area contributed by atoms with Gasteiger partial charge in [-0.3, -0.25) is 9.13 Å². The van der Waals surface area contributed by atoms with Gasteiger partial charge in [-0.15, -0.1) is 10.2 Å². The molecule has 3 rings (SSSR count). The van der Waals surface area contributed by atoms with Crippen LogP contribution in [-0.2, 0) is 0 Å². The topological polar surface area (TPSA) is 61.4 Å². The van der Waals surface area contributed by atoms with E-state index in [0.29, 0.717) is 0 Å².